The summed E-state index contributed by atoms with van der Waals surface area (Å²) in [5.74, 6) is 1.79. The second-order valence-electron chi connectivity index (χ2n) is 4.83. The van der Waals surface area contributed by atoms with Gasteiger partial charge in [-0.05, 0) is 48.5 Å². The lowest BCUT2D eigenvalue weighted by atomic mass is 10.1. The van der Waals surface area contributed by atoms with Crippen molar-refractivity contribution in [3.8, 4) is 0 Å². The van der Waals surface area contributed by atoms with Crippen LogP contribution in [-0.4, -0.2) is 29.2 Å². The van der Waals surface area contributed by atoms with E-state index in [0.29, 0.717) is 0 Å². The molecule has 1 aromatic rings. The van der Waals surface area contributed by atoms with Crippen molar-refractivity contribution in [1.29, 1.82) is 0 Å². The number of nitrogens with zero attached hydrogens (tertiary/aromatic N) is 2. The van der Waals surface area contributed by atoms with Gasteiger partial charge in [-0.1, -0.05) is 6.92 Å². The van der Waals surface area contributed by atoms with Gasteiger partial charge < -0.3 is 10.1 Å². The summed E-state index contributed by atoms with van der Waals surface area (Å²) in [5.41, 5.74) is 1.07. The van der Waals surface area contributed by atoms with Gasteiger partial charge in [0.05, 0.1) is 16.3 Å². The Bertz CT molecular complexity index is 419. The number of nitrogens with one attached hydrogen (secondary N) is 1. The van der Waals surface area contributed by atoms with Crippen molar-refractivity contribution in [2.75, 3.05) is 18.5 Å². The minimum absolute atomic E-state index is 0.286. The van der Waals surface area contributed by atoms with Crippen LogP contribution < -0.4 is 5.32 Å². The fraction of sp³-hybridized carbons (Fsp3) is 0.714. The zero-order chi connectivity index (χ0) is 13.7. The standard InChI is InChI=1S/C14H22BrN3O/c1-3-11-13(15)14(16-4-2)18-12(17-11)9-10-7-5-6-8-19-10/h10H,3-9H2,1-2H3,(H,16,17,18). The molecule has 0 radical (unpaired) electrons. The second kappa shape index (κ2) is 7.20. The van der Waals surface area contributed by atoms with Crippen molar-refractivity contribution in [2.45, 2.75) is 52.1 Å². The Balaban J connectivity index is 2.16. The first-order chi connectivity index (χ1) is 9.24. The molecule has 4 nitrogen and oxygen atoms in total. The molecule has 1 atom stereocenters. The molecule has 0 bridgehead atoms. The van der Waals surface area contributed by atoms with E-state index < -0.39 is 0 Å². The zero-order valence-corrected chi connectivity index (χ0v) is 13.3. The number of hydrogen-bond donors (Lipinski definition) is 1. The number of aryl methyl sites for hydroxylation is 1. The van der Waals surface area contributed by atoms with Crippen LogP contribution in [0.1, 0.15) is 44.6 Å². The van der Waals surface area contributed by atoms with Crippen LogP contribution in [0.4, 0.5) is 5.82 Å². The molecule has 0 amide bonds. The van der Waals surface area contributed by atoms with E-state index in [2.05, 4.69) is 45.1 Å². The molecule has 1 aliphatic heterocycles. The van der Waals surface area contributed by atoms with E-state index in [9.17, 15) is 0 Å². The van der Waals surface area contributed by atoms with Gasteiger partial charge in [0, 0.05) is 19.6 Å². The first-order valence-electron chi connectivity index (χ1n) is 7.15. The maximum absolute atomic E-state index is 5.77. The molecule has 19 heavy (non-hydrogen) atoms. The third-order valence-corrected chi connectivity index (χ3v) is 4.16. The van der Waals surface area contributed by atoms with E-state index in [0.717, 1.165) is 54.2 Å². The average molecular weight is 328 g/mol. The Labute approximate surface area is 123 Å². The maximum Gasteiger partial charge on any atom is 0.144 e. The minimum Gasteiger partial charge on any atom is -0.378 e. The zero-order valence-electron chi connectivity index (χ0n) is 11.7. The molecule has 5 heteroatoms. The fourth-order valence-electron chi connectivity index (χ4n) is 2.33. The molecule has 1 N–H and O–H groups in total. The van der Waals surface area contributed by atoms with Gasteiger partial charge >= 0.3 is 0 Å². The van der Waals surface area contributed by atoms with Crippen LogP contribution in [0.3, 0.4) is 0 Å². The number of anilines is 1. The van der Waals surface area contributed by atoms with Crippen LogP contribution in [0, 0.1) is 0 Å². The molecule has 106 valence electrons. The van der Waals surface area contributed by atoms with E-state index in [1.807, 2.05) is 0 Å². The van der Waals surface area contributed by atoms with Gasteiger partial charge in [-0.25, -0.2) is 9.97 Å². The van der Waals surface area contributed by atoms with Gasteiger partial charge in [0.25, 0.3) is 0 Å². The third-order valence-electron chi connectivity index (χ3n) is 3.33. The van der Waals surface area contributed by atoms with E-state index in [-0.39, 0.29) is 6.10 Å². The fourth-order valence-corrected chi connectivity index (χ4v) is 2.92. The van der Waals surface area contributed by atoms with Crippen LogP contribution in [0.2, 0.25) is 0 Å². The Morgan fingerprint density at radius 1 is 1.32 bits per heavy atom. The summed E-state index contributed by atoms with van der Waals surface area (Å²) in [7, 11) is 0. The number of ether oxygens (including phenoxy) is 1. The van der Waals surface area contributed by atoms with E-state index in [1.165, 1.54) is 12.8 Å². The highest BCUT2D eigenvalue weighted by Gasteiger charge is 2.18. The largest absolute Gasteiger partial charge is 0.378 e. The smallest absolute Gasteiger partial charge is 0.144 e. The molecule has 0 spiro atoms. The lowest BCUT2D eigenvalue weighted by molar-refractivity contribution is 0.0156. The molecule has 2 heterocycles. The van der Waals surface area contributed by atoms with Gasteiger partial charge in [-0.3, -0.25) is 0 Å². The van der Waals surface area contributed by atoms with Crippen molar-refractivity contribution in [3.63, 3.8) is 0 Å². The summed E-state index contributed by atoms with van der Waals surface area (Å²) >= 11 is 3.58. The van der Waals surface area contributed by atoms with Gasteiger partial charge in [-0.2, -0.15) is 0 Å². The summed E-state index contributed by atoms with van der Waals surface area (Å²) in [6.45, 7) is 5.92. The number of halogens is 1. The lowest BCUT2D eigenvalue weighted by Gasteiger charge is -2.22. The van der Waals surface area contributed by atoms with Crippen LogP contribution in [-0.2, 0) is 17.6 Å². The van der Waals surface area contributed by atoms with Crippen molar-refractivity contribution >= 4 is 21.7 Å². The van der Waals surface area contributed by atoms with Crippen LogP contribution in [0.5, 0.6) is 0 Å². The molecule has 1 saturated heterocycles. The van der Waals surface area contributed by atoms with Crippen molar-refractivity contribution in [1.82, 2.24) is 9.97 Å². The predicted octanol–water partition coefficient (Wildman–Crippen LogP) is 3.34. The number of hydrogen-bond acceptors (Lipinski definition) is 4. The normalized spacial score (nSPS) is 19.4. The molecule has 1 aromatic heterocycles. The predicted molar refractivity (Wildman–Crippen MR) is 80.6 cm³/mol. The molecular formula is C14H22BrN3O. The van der Waals surface area contributed by atoms with Crippen LogP contribution in [0.25, 0.3) is 0 Å². The van der Waals surface area contributed by atoms with Gasteiger partial charge in [-0.15, -0.1) is 0 Å². The molecule has 1 aliphatic rings. The van der Waals surface area contributed by atoms with Crippen molar-refractivity contribution in [3.05, 3.63) is 16.0 Å². The van der Waals surface area contributed by atoms with Gasteiger partial charge in [0.2, 0.25) is 0 Å². The molecule has 1 unspecified atom stereocenters. The van der Waals surface area contributed by atoms with Gasteiger partial charge in [0.15, 0.2) is 0 Å². The quantitative estimate of drug-likeness (QED) is 0.900. The highest BCUT2D eigenvalue weighted by Crippen LogP contribution is 2.25. The highest BCUT2D eigenvalue weighted by molar-refractivity contribution is 9.10. The lowest BCUT2D eigenvalue weighted by Crippen LogP contribution is -2.23. The third kappa shape index (κ3) is 3.89. The Morgan fingerprint density at radius 2 is 2.16 bits per heavy atom. The molecule has 0 saturated carbocycles. The van der Waals surface area contributed by atoms with E-state index in [1.54, 1.807) is 0 Å². The Kier molecular flexibility index (Phi) is 5.58. The molecular weight excluding hydrogens is 306 g/mol. The summed E-state index contributed by atoms with van der Waals surface area (Å²) in [6.07, 6.45) is 5.56. The first-order valence-corrected chi connectivity index (χ1v) is 7.94. The summed E-state index contributed by atoms with van der Waals surface area (Å²) in [4.78, 5) is 9.27. The van der Waals surface area contributed by atoms with Crippen molar-refractivity contribution < 1.29 is 4.74 Å². The van der Waals surface area contributed by atoms with Crippen LogP contribution >= 0.6 is 15.9 Å². The number of rotatable bonds is 5. The van der Waals surface area contributed by atoms with E-state index in [4.69, 9.17) is 4.74 Å². The van der Waals surface area contributed by atoms with Gasteiger partial charge in [0.1, 0.15) is 11.6 Å². The Hall–Kier alpha value is -0.680. The summed E-state index contributed by atoms with van der Waals surface area (Å²) in [6, 6.07) is 0. The molecule has 1 fully saturated rings. The number of aromatic nitrogens is 2. The SMILES string of the molecule is CCNc1nc(CC2CCCCO2)nc(CC)c1Br. The minimum atomic E-state index is 0.286. The second-order valence-corrected chi connectivity index (χ2v) is 5.62. The topological polar surface area (TPSA) is 47.0 Å². The van der Waals surface area contributed by atoms with Crippen molar-refractivity contribution in [2.24, 2.45) is 0 Å². The molecule has 0 aromatic carbocycles. The monoisotopic (exact) mass is 327 g/mol. The highest BCUT2D eigenvalue weighted by atomic mass is 79.9. The first kappa shape index (κ1) is 14.7. The summed E-state index contributed by atoms with van der Waals surface area (Å²) in [5, 5.41) is 3.29. The van der Waals surface area contributed by atoms with E-state index >= 15 is 0 Å². The van der Waals surface area contributed by atoms with Crippen LogP contribution in [0.15, 0.2) is 4.47 Å². The maximum atomic E-state index is 5.77. The summed E-state index contributed by atoms with van der Waals surface area (Å²) < 4.78 is 6.76. The average Bonchev–Trinajstić information content (AvgIpc) is 2.43. The molecule has 2 rings (SSSR count). The molecule has 0 aliphatic carbocycles. The Morgan fingerprint density at radius 3 is 2.79 bits per heavy atom.